The number of amides is 2. The fraction of sp³-hybridized carbons (Fsp3) is 0.857. The summed E-state index contributed by atoms with van der Waals surface area (Å²) in [4.78, 5) is 32.5. The molecule has 1 aliphatic heterocycles. The van der Waals surface area contributed by atoms with Crippen molar-refractivity contribution in [2.75, 3.05) is 46.3 Å². The minimum absolute atomic E-state index is 0. The maximum absolute atomic E-state index is 12.4. The SMILES string of the molecule is CCCCNC(=NC)NCCCCCC(=O)N1CCN(C(=O)CC(C)C)CC1.I. The van der Waals surface area contributed by atoms with Crippen molar-refractivity contribution in [2.45, 2.75) is 65.7 Å². The molecular formula is C21H42IN5O2. The molecular weight excluding hydrogens is 481 g/mol. The molecule has 170 valence electrons. The van der Waals surface area contributed by atoms with Gasteiger partial charge in [0.15, 0.2) is 5.96 Å². The standard InChI is InChI=1S/C21H41N5O2.HI/c1-5-6-11-23-21(22-4)24-12-9-7-8-10-19(27)25-13-15-26(16-14-25)20(28)17-18(2)3;/h18H,5-17H2,1-4H3,(H2,22,23,24);1H. The number of rotatable bonds is 11. The first-order valence-electron chi connectivity index (χ1n) is 11.0. The summed E-state index contributed by atoms with van der Waals surface area (Å²) >= 11 is 0. The van der Waals surface area contributed by atoms with E-state index in [1.54, 1.807) is 7.05 Å². The average molecular weight is 524 g/mol. The first kappa shape index (κ1) is 27.9. The van der Waals surface area contributed by atoms with E-state index in [2.05, 4.69) is 36.4 Å². The minimum Gasteiger partial charge on any atom is -0.356 e. The van der Waals surface area contributed by atoms with E-state index in [9.17, 15) is 9.59 Å². The number of guanidine groups is 1. The third kappa shape index (κ3) is 12.3. The van der Waals surface area contributed by atoms with E-state index in [-0.39, 0.29) is 35.8 Å². The van der Waals surface area contributed by atoms with Crippen molar-refractivity contribution >= 4 is 41.8 Å². The number of hydrogen-bond donors (Lipinski definition) is 2. The van der Waals surface area contributed by atoms with Crippen LogP contribution in [0.3, 0.4) is 0 Å². The Hall–Kier alpha value is -1.06. The zero-order chi connectivity index (χ0) is 20.8. The van der Waals surface area contributed by atoms with Gasteiger partial charge in [-0.2, -0.15) is 0 Å². The number of carbonyl (C=O) groups is 2. The highest BCUT2D eigenvalue weighted by atomic mass is 127. The van der Waals surface area contributed by atoms with Crippen LogP contribution in [0.1, 0.15) is 65.7 Å². The lowest BCUT2D eigenvalue weighted by molar-refractivity contribution is -0.140. The third-order valence-electron chi connectivity index (χ3n) is 4.97. The van der Waals surface area contributed by atoms with E-state index in [4.69, 9.17) is 0 Å². The van der Waals surface area contributed by atoms with Gasteiger partial charge in [-0.3, -0.25) is 14.6 Å². The van der Waals surface area contributed by atoms with E-state index in [1.165, 1.54) is 6.42 Å². The Morgan fingerprint density at radius 3 is 1.97 bits per heavy atom. The molecule has 8 heteroatoms. The molecule has 0 saturated carbocycles. The second-order valence-corrected chi connectivity index (χ2v) is 7.95. The molecule has 0 radical (unpaired) electrons. The summed E-state index contributed by atoms with van der Waals surface area (Å²) in [6.07, 6.45) is 6.47. The summed E-state index contributed by atoms with van der Waals surface area (Å²) in [5.41, 5.74) is 0. The Kier molecular flexibility index (Phi) is 16.1. The molecule has 7 nitrogen and oxygen atoms in total. The summed E-state index contributed by atoms with van der Waals surface area (Å²) in [6, 6.07) is 0. The number of halogens is 1. The molecule has 0 aromatic rings. The van der Waals surface area contributed by atoms with Crippen LogP contribution in [-0.2, 0) is 9.59 Å². The number of piperazine rings is 1. The Bertz CT molecular complexity index is 491. The van der Waals surface area contributed by atoms with Crippen molar-refractivity contribution in [1.29, 1.82) is 0 Å². The van der Waals surface area contributed by atoms with Crippen LogP contribution in [0.2, 0.25) is 0 Å². The first-order valence-corrected chi connectivity index (χ1v) is 11.0. The lowest BCUT2D eigenvalue weighted by Crippen LogP contribution is -2.50. The summed E-state index contributed by atoms with van der Waals surface area (Å²) in [6.45, 7) is 10.8. The van der Waals surface area contributed by atoms with Gasteiger partial charge in [0, 0.05) is 59.2 Å². The molecule has 0 aromatic heterocycles. The van der Waals surface area contributed by atoms with Gasteiger partial charge in [0.05, 0.1) is 0 Å². The van der Waals surface area contributed by atoms with Gasteiger partial charge in [-0.25, -0.2) is 0 Å². The average Bonchev–Trinajstić information content (AvgIpc) is 2.68. The van der Waals surface area contributed by atoms with Gasteiger partial charge in [-0.15, -0.1) is 24.0 Å². The van der Waals surface area contributed by atoms with Crippen LogP contribution in [0.25, 0.3) is 0 Å². The predicted octanol–water partition coefficient (Wildman–Crippen LogP) is 2.85. The van der Waals surface area contributed by atoms with Crippen molar-refractivity contribution in [3.8, 4) is 0 Å². The molecule has 0 atom stereocenters. The van der Waals surface area contributed by atoms with E-state index in [1.807, 2.05) is 9.80 Å². The quantitative estimate of drug-likeness (QED) is 0.189. The molecule has 1 aliphatic rings. The van der Waals surface area contributed by atoms with Crippen LogP contribution in [0, 0.1) is 5.92 Å². The van der Waals surface area contributed by atoms with Gasteiger partial charge in [0.2, 0.25) is 11.8 Å². The zero-order valence-corrected chi connectivity index (χ0v) is 21.2. The molecule has 2 N–H and O–H groups in total. The lowest BCUT2D eigenvalue weighted by Gasteiger charge is -2.35. The second-order valence-electron chi connectivity index (χ2n) is 7.95. The van der Waals surface area contributed by atoms with Crippen molar-refractivity contribution in [1.82, 2.24) is 20.4 Å². The topological polar surface area (TPSA) is 77.0 Å². The number of aliphatic imine (C=N–C) groups is 1. The highest BCUT2D eigenvalue weighted by Crippen LogP contribution is 2.10. The fourth-order valence-corrected chi connectivity index (χ4v) is 3.23. The van der Waals surface area contributed by atoms with Crippen LogP contribution in [-0.4, -0.2) is 73.9 Å². The van der Waals surface area contributed by atoms with E-state index in [0.29, 0.717) is 44.9 Å². The largest absolute Gasteiger partial charge is 0.356 e. The second kappa shape index (κ2) is 16.7. The Labute approximate surface area is 194 Å². The molecule has 1 rings (SSSR count). The summed E-state index contributed by atoms with van der Waals surface area (Å²) in [5, 5.41) is 6.61. The molecule has 0 unspecified atom stereocenters. The number of nitrogens with one attached hydrogen (secondary N) is 2. The molecule has 29 heavy (non-hydrogen) atoms. The van der Waals surface area contributed by atoms with Crippen LogP contribution in [0.5, 0.6) is 0 Å². The molecule has 0 aliphatic carbocycles. The van der Waals surface area contributed by atoms with E-state index < -0.39 is 0 Å². The molecule has 2 amide bonds. The van der Waals surface area contributed by atoms with Crippen molar-refractivity contribution in [2.24, 2.45) is 10.9 Å². The third-order valence-corrected chi connectivity index (χ3v) is 4.97. The van der Waals surface area contributed by atoms with Crippen molar-refractivity contribution < 1.29 is 9.59 Å². The maximum Gasteiger partial charge on any atom is 0.222 e. The number of nitrogens with zero attached hydrogens (tertiary/aromatic N) is 3. The van der Waals surface area contributed by atoms with E-state index >= 15 is 0 Å². The zero-order valence-electron chi connectivity index (χ0n) is 18.8. The smallest absolute Gasteiger partial charge is 0.222 e. The minimum atomic E-state index is 0. The molecule has 1 heterocycles. The molecule has 0 spiro atoms. The highest BCUT2D eigenvalue weighted by molar-refractivity contribution is 14.0. The van der Waals surface area contributed by atoms with E-state index in [0.717, 1.165) is 44.7 Å². The van der Waals surface area contributed by atoms with Gasteiger partial charge in [-0.1, -0.05) is 33.6 Å². The van der Waals surface area contributed by atoms with Gasteiger partial charge >= 0.3 is 0 Å². The maximum atomic E-state index is 12.4. The van der Waals surface area contributed by atoms with Crippen LogP contribution in [0.15, 0.2) is 4.99 Å². The van der Waals surface area contributed by atoms with Crippen LogP contribution >= 0.6 is 24.0 Å². The highest BCUT2D eigenvalue weighted by Gasteiger charge is 2.23. The van der Waals surface area contributed by atoms with Gasteiger partial charge in [0.1, 0.15) is 0 Å². The van der Waals surface area contributed by atoms with Crippen molar-refractivity contribution in [3.63, 3.8) is 0 Å². The number of hydrogen-bond acceptors (Lipinski definition) is 3. The lowest BCUT2D eigenvalue weighted by atomic mass is 10.1. The molecule has 1 saturated heterocycles. The van der Waals surface area contributed by atoms with Gasteiger partial charge < -0.3 is 20.4 Å². The summed E-state index contributed by atoms with van der Waals surface area (Å²) < 4.78 is 0. The van der Waals surface area contributed by atoms with Crippen molar-refractivity contribution in [3.05, 3.63) is 0 Å². The normalized spacial score (nSPS) is 14.6. The number of unbranched alkanes of at least 4 members (excludes halogenated alkanes) is 3. The fourth-order valence-electron chi connectivity index (χ4n) is 3.23. The Morgan fingerprint density at radius 2 is 1.45 bits per heavy atom. The molecule has 0 aromatic carbocycles. The Morgan fingerprint density at radius 1 is 0.897 bits per heavy atom. The van der Waals surface area contributed by atoms with Gasteiger partial charge in [-0.05, 0) is 25.2 Å². The van der Waals surface area contributed by atoms with Crippen LogP contribution in [0.4, 0.5) is 0 Å². The monoisotopic (exact) mass is 523 g/mol. The summed E-state index contributed by atoms with van der Waals surface area (Å²) in [7, 11) is 1.79. The molecule has 0 bridgehead atoms. The molecule has 1 fully saturated rings. The predicted molar refractivity (Wildman–Crippen MR) is 131 cm³/mol. The summed E-state index contributed by atoms with van der Waals surface area (Å²) in [5.74, 6) is 1.68. The van der Waals surface area contributed by atoms with Gasteiger partial charge in [0.25, 0.3) is 0 Å². The van der Waals surface area contributed by atoms with Crippen LogP contribution < -0.4 is 10.6 Å². The first-order chi connectivity index (χ1) is 13.5. The number of carbonyl (C=O) groups excluding carboxylic acids is 2. The Balaban J connectivity index is 0.00000784.